The molecule has 0 fully saturated rings. The number of nitrogens with one attached hydrogen (secondary N) is 1. The van der Waals surface area contributed by atoms with Gasteiger partial charge in [-0.25, -0.2) is 0 Å². The SMILES string of the molecule is CC(C)C1Oc2c(cc(-c3ccco3)cc2-c2cn(C)c(=O)c3[nH]ccc23)CC1=O. The normalized spacial score (nSPS) is 16.1. The van der Waals surface area contributed by atoms with E-state index in [1.807, 2.05) is 50.4 Å². The van der Waals surface area contributed by atoms with Crippen LogP contribution in [-0.4, -0.2) is 21.4 Å². The lowest BCUT2D eigenvalue weighted by Crippen LogP contribution is -2.37. The molecular weight excluding hydrogens is 380 g/mol. The van der Waals surface area contributed by atoms with Crippen LogP contribution in [0.3, 0.4) is 0 Å². The van der Waals surface area contributed by atoms with Gasteiger partial charge >= 0.3 is 0 Å². The first-order chi connectivity index (χ1) is 14.4. The molecule has 1 N–H and O–H groups in total. The Hall–Kier alpha value is -3.54. The summed E-state index contributed by atoms with van der Waals surface area (Å²) in [5.74, 6) is 1.56. The molecule has 0 bridgehead atoms. The molecule has 0 spiro atoms. The van der Waals surface area contributed by atoms with Gasteiger partial charge in [-0.2, -0.15) is 0 Å². The number of nitrogens with zero attached hydrogens (tertiary/aromatic N) is 1. The Balaban J connectivity index is 1.82. The van der Waals surface area contributed by atoms with Crippen LogP contribution in [0.5, 0.6) is 5.75 Å². The number of ether oxygens (including phenoxy) is 1. The van der Waals surface area contributed by atoms with Crippen molar-refractivity contribution in [2.75, 3.05) is 0 Å². The van der Waals surface area contributed by atoms with Crippen molar-refractivity contribution in [2.45, 2.75) is 26.4 Å². The standard InChI is InChI=1S/C24H22N2O4/c1-13(2)22-19(27)11-15-9-14(20-5-4-8-29-20)10-17(23(15)30-22)18-12-26(3)24(28)21-16(18)6-7-25-21/h4-10,12-13,22,25H,11H2,1-3H3. The van der Waals surface area contributed by atoms with Gasteiger partial charge in [-0.1, -0.05) is 13.8 Å². The minimum absolute atomic E-state index is 0.0654. The van der Waals surface area contributed by atoms with Crippen LogP contribution >= 0.6 is 0 Å². The largest absolute Gasteiger partial charge is 0.481 e. The summed E-state index contributed by atoms with van der Waals surface area (Å²) < 4.78 is 13.5. The number of hydrogen-bond donors (Lipinski definition) is 1. The summed E-state index contributed by atoms with van der Waals surface area (Å²) >= 11 is 0. The second-order valence-corrected chi connectivity index (χ2v) is 8.14. The van der Waals surface area contributed by atoms with Gasteiger partial charge in [0.2, 0.25) is 0 Å². The summed E-state index contributed by atoms with van der Waals surface area (Å²) in [6.45, 7) is 3.97. The Labute approximate surface area is 173 Å². The number of carbonyl (C=O) groups excluding carboxylic acids is 1. The molecule has 3 aromatic heterocycles. The minimum Gasteiger partial charge on any atom is -0.481 e. The van der Waals surface area contributed by atoms with Gasteiger partial charge in [0.1, 0.15) is 17.0 Å². The van der Waals surface area contributed by atoms with Gasteiger partial charge in [0, 0.05) is 53.5 Å². The summed E-state index contributed by atoms with van der Waals surface area (Å²) in [5, 5.41) is 0.818. The van der Waals surface area contributed by atoms with Gasteiger partial charge in [-0.15, -0.1) is 0 Å². The molecule has 4 aromatic rings. The predicted molar refractivity (Wildman–Crippen MR) is 115 cm³/mol. The van der Waals surface area contributed by atoms with Crippen molar-refractivity contribution < 1.29 is 13.9 Å². The molecule has 0 amide bonds. The molecule has 0 saturated carbocycles. The number of furan rings is 1. The molecular formula is C24H22N2O4. The third-order valence-corrected chi connectivity index (χ3v) is 5.69. The van der Waals surface area contributed by atoms with Crippen LogP contribution in [0, 0.1) is 5.92 Å². The number of fused-ring (bicyclic) bond motifs is 2. The van der Waals surface area contributed by atoms with Gasteiger partial charge < -0.3 is 18.7 Å². The van der Waals surface area contributed by atoms with E-state index in [1.54, 1.807) is 24.1 Å². The third-order valence-electron chi connectivity index (χ3n) is 5.69. The van der Waals surface area contributed by atoms with E-state index in [9.17, 15) is 9.59 Å². The van der Waals surface area contributed by atoms with Crippen molar-refractivity contribution in [3.8, 4) is 28.2 Å². The average Bonchev–Trinajstić information content (AvgIpc) is 3.41. The zero-order chi connectivity index (χ0) is 21.0. The molecule has 1 unspecified atom stereocenters. The van der Waals surface area contributed by atoms with Crippen molar-refractivity contribution in [3.05, 3.63) is 64.9 Å². The van der Waals surface area contributed by atoms with E-state index in [2.05, 4.69) is 4.98 Å². The van der Waals surface area contributed by atoms with Crippen molar-refractivity contribution in [1.82, 2.24) is 9.55 Å². The topological polar surface area (TPSA) is 77.2 Å². The molecule has 4 heterocycles. The first-order valence-corrected chi connectivity index (χ1v) is 10.0. The highest BCUT2D eigenvalue weighted by atomic mass is 16.5. The first kappa shape index (κ1) is 18.5. The second-order valence-electron chi connectivity index (χ2n) is 8.14. The Morgan fingerprint density at radius 3 is 2.73 bits per heavy atom. The number of pyridine rings is 1. The number of aryl methyl sites for hydroxylation is 1. The van der Waals surface area contributed by atoms with Crippen LogP contribution in [0.1, 0.15) is 19.4 Å². The maximum Gasteiger partial charge on any atom is 0.274 e. The van der Waals surface area contributed by atoms with E-state index in [1.165, 1.54) is 0 Å². The average molecular weight is 402 g/mol. The van der Waals surface area contributed by atoms with Crippen LogP contribution in [0.4, 0.5) is 0 Å². The lowest BCUT2D eigenvalue weighted by atomic mass is 9.89. The molecule has 5 rings (SSSR count). The molecule has 0 radical (unpaired) electrons. The number of aromatic amines is 1. The Morgan fingerprint density at radius 2 is 2.00 bits per heavy atom. The fourth-order valence-electron chi connectivity index (χ4n) is 4.22. The number of carbonyl (C=O) groups is 1. The number of Topliss-reactive ketones (excluding diaryl/α,β-unsaturated/α-hetero) is 1. The molecule has 6 nitrogen and oxygen atoms in total. The number of H-pyrrole nitrogens is 1. The van der Waals surface area contributed by atoms with E-state index in [0.717, 1.165) is 27.6 Å². The molecule has 1 aliphatic rings. The van der Waals surface area contributed by atoms with Crippen LogP contribution in [0.15, 0.2) is 58.2 Å². The quantitative estimate of drug-likeness (QED) is 0.554. The smallest absolute Gasteiger partial charge is 0.274 e. The highest BCUT2D eigenvalue weighted by Gasteiger charge is 2.33. The Kier molecular flexibility index (Phi) is 4.17. The molecule has 30 heavy (non-hydrogen) atoms. The highest BCUT2D eigenvalue weighted by Crippen LogP contribution is 2.43. The van der Waals surface area contributed by atoms with E-state index in [0.29, 0.717) is 23.4 Å². The third kappa shape index (κ3) is 2.79. The van der Waals surface area contributed by atoms with Crippen molar-refractivity contribution in [2.24, 2.45) is 13.0 Å². The van der Waals surface area contributed by atoms with E-state index in [-0.39, 0.29) is 17.3 Å². The summed E-state index contributed by atoms with van der Waals surface area (Å²) in [6, 6.07) is 9.59. The van der Waals surface area contributed by atoms with E-state index >= 15 is 0 Å². The number of rotatable bonds is 3. The van der Waals surface area contributed by atoms with Crippen LogP contribution in [0.2, 0.25) is 0 Å². The zero-order valence-corrected chi connectivity index (χ0v) is 17.1. The monoisotopic (exact) mass is 402 g/mol. The molecule has 0 saturated heterocycles. The zero-order valence-electron chi connectivity index (χ0n) is 17.1. The summed E-state index contributed by atoms with van der Waals surface area (Å²) in [4.78, 5) is 28.3. The van der Waals surface area contributed by atoms with Gasteiger partial charge in [0.25, 0.3) is 5.56 Å². The fraction of sp³-hybridized carbons (Fsp3) is 0.250. The van der Waals surface area contributed by atoms with E-state index in [4.69, 9.17) is 9.15 Å². The predicted octanol–water partition coefficient (Wildman–Crippen LogP) is 4.32. The molecule has 1 atom stereocenters. The van der Waals surface area contributed by atoms with E-state index < -0.39 is 6.10 Å². The second kappa shape index (κ2) is 6.76. The summed E-state index contributed by atoms with van der Waals surface area (Å²) in [5.41, 5.74) is 3.86. The van der Waals surface area contributed by atoms with Crippen LogP contribution < -0.4 is 10.3 Å². The molecule has 0 aliphatic carbocycles. The van der Waals surface area contributed by atoms with Crippen molar-refractivity contribution in [3.63, 3.8) is 0 Å². The number of hydrogen-bond acceptors (Lipinski definition) is 4. The maximum absolute atomic E-state index is 12.7. The minimum atomic E-state index is -0.486. The van der Waals surface area contributed by atoms with Crippen LogP contribution in [-0.2, 0) is 18.3 Å². The molecule has 152 valence electrons. The highest BCUT2D eigenvalue weighted by molar-refractivity contribution is 5.98. The first-order valence-electron chi connectivity index (χ1n) is 10.0. The van der Waals surface area contributed by atoms with Crippen molar-refractivity contribution >= 4 is 16.7 Å². The van der Waals surface area contributed by atoms with Crippen LogP contribution in [0.25, 0.3) is 33.4 Å². The molecule has 1 aliphatic heterocycles. The number of ketones is 1. The molecule has 1 aromatic carbocycles. The maximum atomic E-state index is 12.7. The lowest BCUT2D eigenvalue weighted by molar-refractivity contribution is -0.128. The number of aromatic nitrogens is 2. The Bertz CT molecular complexity index is 1330. The van der Waals surface area contributed by atoms with Gasteiger partial charge in [0.05, 0.1) is 6.26 Å². The van der Waals surface area contributed by atoms with Gasteiger partial charge in [-0.05, 0) is 36.2 Å². The van der Waals surface area contributed by atoms with Gasteiger partial charge in [0.15, 0.2) is 11.9 Å². The summed E-state index contributed by atoms with van der Waals surface area (Å²) in [6.07, 6.45) is 5.03. The Morgan fingerprint density at radius 1 is 1.17 bits per heavy atom. The lowest BCUT2D eigenvalue weighted by Gasteiger charge is -2.30. The fourth-order valence-corrected chi connectivity index (χ4v) is 4.22. The van der Waals surface area contributed by atoms with Crippen molar-refractivity contribution in [1.29, 1.82) is 0 Å². The summed E-state index contributed by atoms with van der Waals surface area (Å²) in [7, 11) is 1.73. The molecule has 6 heteroatoms. The number of benzene rings is 1. The van der Waals surface area contributed by atoms with Gasteiger partial charge in [-0.3, -0.25) is 9.59 Å².